The van der Waals surface area contributed by atoms with Gasteiger partial charge in [-0.05, 0) is 30.4 Å². The summed E-state index contributed by atoms with van der Waals surface area (Å²) in [5, 5.41) is 1.13. The maximum absolute atomic E-state index is 6.31. The lowest BCUT2D eigenvalue weighted by atomic mass is 9.86. The largest absolute Gasteiger partial charge is 0.324 e. The molecule has 1 aromatic heterocycles. The van der Waals surface area contributed by atoms with Crippen LogP contribution in [-0.4, -0.2) is 4.98 Å². The summed E-state index contributed by atoms with van der Waals surface area (Å²) >= 11 is 1.75. The number of rotatable bonds is 3. The molecule has 2 N–H and O–H groups in total. The minimum atomic E-state index is 0.0222. The molecule has 2 aromatic rings. The van der Waals surface area contributed by atoms with Crippen molar-refractivity contribution >= 4 is 11.3 Å². The van der Waals surface area contributed by atoms with E-state index in [1.807, 2.05) is 0 Å². The van der Waals surface area contributed by atoms with Crippen LogP contribution in [0.5, 0.6) is 0 Å². The summed E-state index contributed by atoms with van der Waals surface area (Å²) in [6.07, 6.45) is 0.814. The predicted molar refractivity (Wildman–Crippen MR) is 87.4 cm³/mol. The van der Waals surface area contributed by atoms with Gasteiger partial charge in [-0.15, -0.1) is 11.3 Å². The van der Waals surface area contributed by atoms with Gasteiger partial charge in [-0.2, -0.15) is 0 Å². The van der Waals surface area contributed by atoms with Crippen molar-refractivity contribution in [3.8, 4) is 0 Å². The highest BCUT2D eigenvalue weighted by Gasteiger charge is 2.15. The molecule has 0 radical (unpaired) electrons. The first kappa shape index (κ1) is 15.2. The van der Waals surface area contributed by atoms with Crippen LogP contribution >= 0.6 is 11.3 Å². The van der Waals surface area contributed by atoms with Gasteiger partial charge in [-0.1, -0.05) is 45.0 Å². The fourth-order valence-corrected chi connectivity index (χ4v) is 3.16. The fourth-order valence-electron chi connectivity index (χ4n) is 2.16. The molecule has 0 aliphatic heterocycles. The second-order valence-electron chi connectivity index (χ2n) is 6.43. The lowest BCUT2D eigenvalue weighted by Gasteiger charge is -2.20. The second kappa shape index (κ2) is 5.66. The number of hydrogen-bond donors (Lipinski definition) is 1. The SMILES string of the molecule is Cc1nc(CC(N)c2ccc(C(C)(C)C)cc2)sc1C. The minimum absolute atomic E-state index is 0.0222. The van der Waals surface area contributed by atoms with Crippen LogP contribution in [0.25, 0.3) is 0 Å². The summed E-state index contributed by atoms with van der Waals surface area (Å²) < 4.78 is 0. The third kappa shape index (κ3) is 3.47. The van der Waals surface area contributed by atoms with E-state index < -0.39 is 0 Å². The Hall–Kier alpha value is -1.19. The molecule has 1 atom stereocenters. The number of benzene rings is 1. The average molecular weight is 288 g/mol. The highest BCUT2D eigenvalue weighted by atomic mass is 32.1. The number of thiazole rings is 1. The summed E-state index contributed by atoms with van der Waals surface area (Å²) in [7, 11) is 0. The molecule has 0 bridgehead atoms. The van der Waals surface area contributed by atoms with Gasteiger partial charge in [0, 0.05) is 17.3 Å². The Kier molecular flexibility index (Phi) is 4.31. The lowest BCUT2D eigenvalue weighted by molar-refractivity contribution is 0.589. The summed E-state index contributed by atoms with van der Waals surface area (Å²) in [6, 6.07) is 8.70. The zero-order chi connectivity index (χ0) is 14.9. The Morgan fingerprint density at radius 3 is 2.20 bits per heavy atom. The third-order valence-corrected chi connectivity index (χ3v) is 4.77. The van der Waals surface area contributed by atoms with Gasteiger partial charge in [0.25, 0.3) is 0 Å². The number of hydrogen-bond acceptors (Lipinski definition) is 3. The van der Waals surface area contributed by atoms with Crippen molar-refractivity contribution in [2.24, 2.45) is 5.73 Å². The van der Waals surface area contributed by atoms with Crippen LogP contribution in [0.15, 0.2) is 24.3 Å². The van der Waals surface area contributed by atoms with Crippen LogP contribution in [0.2, 0.25) is 0 Å². The van der Waals surface area contributed by atoms with Gasteiger partial charge in [-0.3, -0.25) is 0 Å². The number of aromatic nitrogens is 1. The molecule has 2 rings (SSSR count). The fraction of sp³-hybridized carbons (Fsp3) is 0.471. The highest BCUT2D eigenvalue weighted by molar-refractivity contribution is 7.11. The number of nitrogens with zero attached hydrogens (tertiary/aromatic N) is 1. The Morgan fingerprint density at radius 2 is 1.75 bits per heavy atom. The molecule has 108 valence electrons. The molecule has 0 saturated heterocycles. The Labute approximate surface area is 126 Å². The van der Waals surface area contributed by atoms with E-state index in [0.717, 1.165) is 17.1 Å². The highest BCUT2D eigenvalue weighted by Crippen LogP contribution is 2.25. The third-order valence-electron chi connectivity index (χ3n) is 3.67. The molecule has 0 fully saturated rings. The molecule has 3 heteroatoms. The zero-order valence-electron chi connectivity index (χ0n) is 13.0. The smallest absolute Gasteiger partial charge is 0.0949 e. The quantitative estimate of drug-likeness (QED) is 0.914. The molecule has 0 saturated carbocycles. The normalized spacial score (nSPS) is 13.5. The lowest BCUT2D eigenvalue weighted by Crippen LogP contribution is -2.15. The van der Waals surface area contributed by atoms with E-state index in [9.17, 15) is 0 Å². The first-order valence-electron chi connectivity index (χ1n) is 7.06. The average Bonchev–Trinajstić information content (AvgIpc) is 2.67. The maximum atomic E-state index is 6.31. The summed E-state index contributed by atoms with van der Waals surface area (Å²) in [6.45, 7) is 10.8. The molecule has 20 heavy (non-hydrogen) atoms. The van der Waals surface area contributed by atoms with Crippen LogP contribution < -0.4 is 5.73 Å². The van der Waals surface area contributed by atoms with Crippen molar-refractivity contribution < 1.29 is 0 Å². The van der Waals surface area contributed by atoms with E-state index in [-0.39, 0.29) is 11.5 Å². The van der Waals surface area contributed by atoms with E-state index in [2.05, 4.69) is 63.9 Å². The van der Waals surface area contributed by atoms with Gasteiger partial charge in [0.15, 0.2) is 0 Å². The standard InChI is InChI=1S/C17H24N2S/c1-11-12(2)20-16(19-11)10-15(18)13-6-8-14(9-7-13)17(3,4)5/h6-9,15H,10,18H2,1-5H3. The molecule has 1 heterocycles. The summed E-state index contributed by atoms with van der Waals surface area (Å²) in [5.41, 5.74) is 10.1. The van der Waals surface area contributed by atoms with Crippen LogP contribution in [0.3, 0.4) is 0 Å². The first-order chi connectivity index (χ1) is 9.27. The number of nitrogens with two attached hydrogens (primary N) is 1. The molecular formula is C17H24N2S. The second-order valence-corrected chi connectivity index (χ2v) is 7.72. The van der Waals surface area contributed by atoms with Gasteiger partial charge in [-0.25, -0.2) is 4.98 Å². The first-order valence-corrected chi connectivity index (χ1v) is 7.88. The number of aryl methyl sites for hydroxylation is 2. The van der Waals surface area contributed by atoms with Gasteiger partial charge < -0.3 is 5.73 Å². The molecule has 2 nitrogen and oxygen atoms in total. The van der Waals surface area contributed by atoms with E-state index in [4.69, 9.17) is 5.73 Å². The molecule has 1 aromatic carbocycles. The van der Waals surface area contributed by atoms with Crippen molar-refractivity contribution in [1.29, 1.82) is 0 Å². The van der Waals surface area contributed by atoms with E-state index in [0.29, 0.717) is 0 Å². The maximum Gasteiger partial charge on any atom is 0.0949 e. The van der Waals surface area contributed by atoms with Crippen LogP contribution in [0.4, 0.5) is 0 Å². The molecule has 0 aliphatic rings. The predicted octanol–water partition coefficient (Wildman–Crippen LogP) is 4.30. The van der Waals surface area contributed by atoms with Gasteiger partial charge in [0.1, 0.15) is 0 Å². The Balaban J connectivity index is 2.11. The van der Waals surface area contributed by atoms with Gasteiger partial charge in [0.2, 0.25) is 0 Å². The van der Waals surface area contributed by atoms with Crippen molar-refractivity contribution in [2.75, 3.05) is 0 Å². The molecule has 1 unspecified atom stereocenters. The molecule has 0 spiro atoms. The zero-order valence-corrected chi connectivity index (χ0v) is 13.8. The Morgan fingerprint density at radius 1 is 1.15 bits per heavy atom. The monoisotopic (exact) mass is 288 g/mol. The van der Waals surface area contributed by atoms with Gasteiger partial charge in [0.05, 0.1) is 10.7 Å². The van der Waals surface area contributed by atoms with Crippen LogP contribution in [0, 0.1) is 13.8 Å². The Bertz CT molecular complexity index is 557. The van der Waals surface area contributed by atoms with E-state index >= 15 is 0 Å². The van der Waals surface area contributed by atoms with Crippen molar-refractivity contribution in [3.63, 3.8) is 0 Å². The minimum Gasteiger partial charge on any atom is -0.324 e. The topological polar surface area (TPSA) is 38.9 Å². The van der Waals surface area contributed by atoms with Gasteiger partial charge >= 0.3 is 0 Å². The summed E-state index contributed by atoms with van der Waals surface area (Å²) in [4.78, 5) is 5.86. The molecular weight excluding hydrogens is 264 g/mol. The van der Waals surface area contributed by atoms with Crippen molar-refractivity contribution in [2.45, 2.75) is 52.5 Å². The van der Waals surface area contributed by atoms with Crippen molar-refractivity contribution in [1.82, 2.24) is 4.98 Å². The molecule has 0 aliphatic carbocycles. The summed E-state index contributed by atoms with van der Waals surface area (Å²) in [5.74, 6) is 0. The molecule has 0 amide bonds. The van der Waals surface area contributed by atoms with Crippen LogP contribution in [0.1, 0.15) is 53.5 Å². The van der Waals surface area contributed by atoms with E-state index in [1.165, 1.54) is 16.0 Å². The van der Waals surface area contributed by atoms with Crippen LogP contribution in [-0.2, 0) is 11.8 Å². The van der Waals surface area contributed by atoms with E-state index in [1.54, 1.807) is 11.3 Å². The van der Waals surface area contributed by atoms with Crippen molar-refractivity contribution in [3.05, 3.63) is 51.0 Å².